The number of carbonyl (C=O) groups is 1. The Balaban J connectivity index is 1.59. The summed E-state index contributed by atoms with van der Waals surface area (Å²) in [6.07, 6.45) is 0. The number of phenols is 1. The van der Waals surface area contributed by atoms with Crippen molar-refractivity contribution in [3.8, 4) is 5.75 Å². The lowest BCUT2D eigenvalue weighted by molar-refractivity contribution is 0.208. The number of benzene rings is 1. The zero-order valence-electron chi connectivity index (χ0n) is 14.0. The van der Waals surface area contributed by atoms with Gasteiger partial charge in [0.05, 0.1) is 11.4 Å². The molecule has 1 aromatic carbocycles. The van der Waals surface area contributed by atoms with Crippen LogP contribution >= 0.6 is 0 Å². The van der Waals surface area contributed by atoms with Crippen LogP contribution in [0.25, 0.3) is 0 Å². The fourth-order valence-electron chi connectivity index (χ4n) is 2.87. The maximum atomic E-state index is 12.4. The van der Waals surface area contributed by atoms with E-state index >= 15 is 0 Å². The minimum Gasteiger partial charge on any atom is -0.508 e. The summed E-state index contributed by atoms with van der Waals surface area (Å²) in [4.78, 5) is 20.8. The number of nitrogens with one attached hydrogen (secondary N) is 1. The van der Waals surface area contributed by atoms with Crippen molar-refractivity contribution in [3.63, 3.8) is 0 Å². The van der Waals surface area contributed by atoms with Crippen LogP contribution in [-0.4, -0.2) is 47.2 Å². The summed E-state index contributed by atoms with van der Waals surface area (Å²) in [7, 11) is 0. The van der Waals surface area contributed by atoms with Gasteiger partial charge in [-0.1, -0.05) is 6.07 Å². The topological polar surface area (TPSA) is 68.7 Å². The van der Waals surface area contributed by atoms with Crippen LogP contribution in [0.1, 0.15) is 11.4 Å². The van der Waals surface area contributed by atoms with Crippen molar-refractivity contribution in [1.82, 2.24) is 9.88 Å². The summed E-state index contributed by atoms with van der Waals surface area (Å²) >= 11 is 0. The Bertz CT molecular complexity index is 740. The SMILES string of the molecule is Cc1ccc(NC(=O)N2CCN(c3cccc(O)c3)CC2)c(C)n1. The minimum atomic E-state index is -0.0979. The number of aryl methyl sites for hydroxylation is 2. The molecule has 0 spiro atoms. The molecule has 24 heavy (non-hydrogen) atoms. The van der Waals surface area contributed by atoms with Crippen LogP contribution in [0.3, 0.4) is 0 Å². The van der Waals surface area contributed by atoms with Gasteiger partial charge < -0.3 is 20.2 Å². The zero-order chi connectivity index (χ0) is 17.1. The number of anilines is 2. The molecule has 3 rings (SSSR count). The number of amides is 2. The molecule has 0 saturated carbocycles. The quantitative estimate of drug-likeness (QED) is 0.890. The maximum absolute atomic E-state index is 12.4. The van der Waals surface area contributed by atoms with Crippen LogP contribution in [0.15, 0.2) is 36.4 Å². The standard InChI is InChI=1S/C18H22N4O2/c1-13-6-7-17(14(2)19-13)20-18(24)22-10-8-21(9-11-22)15-4-3-5-16(23)12-15/h3-7,12,23H,8-11H2,1-2H3,(H,20,24). The van der Waals surface area contributed by atoms with Crippen LogP contribution in [0.5, 0.6) is 5.75 Å². The number of piperazine rings is 1. The Morgan fingerprint density at radius 1 is 1.12 bits per heavy atom. The molecule has 0 unspecified atom stereocenters. The Morgan fingerprint density at radius 2 is 1.88 bits per heavy atom. The minimum absolute atomic E-state index is 0.0979. The van der Waals surface area contributed by atoms with E-state index in [1.165, 1.54) is 0 Å². The molecule has 6 heteroatoms. The summed E-state index contributed by atoms with van der Waals surface area (Å²) in [5, 5.41) is 12.5. The van der Waals surface area contributed by atoms with Gasteiger partial charge in [0.2, 0.25) is 0 Å². The van der Waals surface area contributed by atoms with Gasteiger partial charge in [0.25, 0.3) is 0 Å². The molecule has 0 radical (unpaired) electrons. The monoisotopic (exact) mass is 326 g/mol. The highest BCUT2D eigenvalue weighted by atomic mass is 16.3. The van der Waals surface area contributed by atoms with Crippen molar-refractivity contribution in [2.75, 3.05) is 36.4 Å². The predicted molar refractivity (Wildman–Crippen MR) is 94.6 cm³/mol. The molecule has 1 fully saturated rings. The first-order valence-electron chi connectivity index (χ1n) is 8.07. The normalized spacial score (nSPS) is 14.6. The van der Waals surface area contributed by atoms with E-state index in [2.05, 4.69) is 15.2 Å². The van der Waals surface area contributed by atoms with Gasteiger partial charge in [-0.2, -0.15) is 0 Å². The van der Waals surface area contributed by atoms with Gasteiger partial charge in [0.15, 0.2) is 0 Å². The number of nitrogens with zero attached hydrogens (tertiary/aromatic N) is 3. The smallest absolute Gasteiger partial charge is 0.322 e. The van der Waals surface area contributed by atoms with Gasteiger partial charge >= 0.3 is 6.03 Å². The highest BCUT2D eigenvalue weighted by Gasteiger charge is 2.22. The first kappa shape index (κ1) is 16.1. The average molecular weight is 326 g/mol. The maximum Gasteiger partial charge on any atom is 0.322 e. The number of hydrogen-bond acceptors (Lipinski definition) is 4. The number of urea groups is 1. The van der Waals surface area contributed by atoms with Gasteiger partial charge in [-0.05, 0) is 38.1 Å². The Kier molecular flexibility index (Phi) is 4.55. The molecule has 6 nitrogen and oxygen atoms in total. The molecule has 2 aromatic rings. The summed E-state index contributed by atoms with van der Waals surface area (Å²) in [6.45, 7) is 6.57. The molecule has 2 N–H and O–H groups in total. The Hall–Kier alpha value is -2.76. The molecule has 126 valence electrons. The van der Waals surface area contributed by atoms with Crippen molar-refractivity contribution in [2.24, 2.45) is 0 Å². The molecule has 0 bridgehead atoms. The third-order valence-corrected chi connectivity index (χ3v) is 4.23. The number of aromatic nitrogens is 1. The first-order valence-corrected chi connectivity index (χ1v) is 8.07. The van der Waals surface area contributed by atoms with Gasteiger partial charge in [0.1, 0.15) is 5.75 Å². The fourth-order valence-corrected chi connectivity index (χ4v) is 2.87. The molecule has 1 aliphatic rings. The number of carbonyl (C=O) groups excluding carboxylic acids is 1. The third kappa shape index (κ3) is 3.59. The Labute approximate surface area is 141 Å². The van der Waals surface area contributed by atoms with Crippen LogP contribution in [0, 0.1) is 13.8 Å². The summed E-state index contributed by atoms with van der Waals surface area (Å²) in [5.74, 6) is 0.259. The molecule has 0 aliphatic carbocycles. The summed E-state index contributed by atoms with van der Waals surface area (Å²) in [5.41, 5.74) is 3.49. The molecule has 1 saturated heterocycles. The van der Waals surface area contributed by atoms with Gasteiger partial charge in [-0.3, -0.25) is 4.98 Å². The van der Waals surface area contributed by atoms with Crippen molar-refractivity contribution in [2.45, 2.75) is 13.8 Å². The lowest BCUT2D eigenvalue weighted by Gasteiger charge is -2.36. The van der Waals surface area contributed by atoms with E-state index in [0.717, 1.165) is 35.9 Å². The van der Waals surface area contributed by atoms with Gasteiger partial charge in [-0.25, -0.2) is 4.79 Å². The Morgan fingerprint density at radius 3 is 2.54 bits per heavy atom. The van der Waals surface area contributed by atoms with Crippen LogP contribution in [-0.2, 0) is 0 Å². The number of phenolic OH excluding ortho intramolecular Hbond substituents is 1. The number of rotatable bonds is 2. The number of pyridine rings is 1. The predicted octanol–water partition coefficient (Wildman–Crippen LogP) is 2.76. The number of aromatic hydroxyl groups is 1. The van der Waals surface area contributed by atoms with Crippen molar-refractivity contribution in [3.05, 3.63) is 47.8 Å². The molecule has 1 aromatic heterocycles. The summed E-state index contributed by atoms with van der Waals surface area (Å²) < 4.78 is 0. The summed E-state index contributed by atoms with van der Waals surface area (Å²) in [6, 6.07) is 10.9. The number of hydrogen-bond donors (Lipinski definition) is 2. The molecule has 2 amide bonds. The molecular weight excluding hydrogens is 304 g/mol. The van der Waals surface area contributed by atoms with E-state index in [1.54, 1.807) is 17.0 Å². The average Bonchev–Trinajstić information content (AvgIpc) is 2.57. The van der Waals surface area contributed by atoms with E-state index in [0.29, 0.717) is 13.1 Å². The van der Waals surface area contributed by atoms with E-state index in [1.807, 2.05) is 38.1 Å². The lowest BCUT2D eigenvalue weighted by Crippen LogP contribution is -2.50. The van der Waals surface area contributed by atoms with Crippen molar-refractivity contribution in [1.29, 1.82) is 0 Å². The van der Waals surface area contributed by atoms with Gasteiger partial charge in [-0.15, -0.1) is 0 Å². The largest absolute Gasteiger partial charge is 0.508 e. The van der Waals surface area contributed by atoms with E-state index < -0.39 is 0 Å². The third-order valence-electron chi connectivity index (χ3n) is 4.23. The highest BCUT2D eigenvalue weighted by Crippen LogP contribution is 2.21. The van der Waals surface area contributed by atoms with Crippen LogP contribution in [0.4, 0.5) is 16.2 Å². The van der Waals surface area contributed by atoms with Gasteiger partial charge in [0, 0.05) is 43.6 Å². The van der Waals surface area contributed by atoms with Crippen LogP contribution in [0.2, 0.25) is 0 Å². The van der Waals surface area contributed by atoms with Crippen molar-refractivity contribution >= 4 is 17.4 Å². The van der Waals surface area contributed by atoms with Crippen molar-refractivity contribution < 1.29 is 9.90 Å². The second kappa shape index (κ2) is 6.78. The fraction of sp³-hybridized carbons (Fsp3) is 0.333. The molecule has 0 atom stereocenters. The molecular formula is C18H22N4O2. The molecule has 2 heterocycles. The second-order valence-electron chi connectivity index (χ2n) is 6.01. The zero-order valence-corrected chi connectivity index (χ0v) is 14.0. The van der Waals surface area contributed by atoms with E-state index in [9.17, 15) is 9.90 Å². The highest BCUT2D eigenvalue weighted by molar-refractivity contribution is 5.90. The van der Waals surface area contributed by atoms with E-state index in [-0.39, 0.29) is 11.8 Å². The lowest BCUT2D eigenvalue weighted by atomic mass is 10.2. The first-order chi connectivity index (χ1) is 11.5. The molecule has 1 aliphatic heterocycles. The van der Waals surface area contributed by atoms with Crippen LogP contribution < -0.4 is 10.2 Å². The second-order valence-corrected chi connectivity index (χ2v) is 6.01. The van der Waals surface area contributed by atoms with E-state index in [4.69, 9.17) is 0 Å².